The van der Waals surface area contributed by atoms with E-state index >= 15 is 0 Å². The van der Waals surface area contributed by atoms with Crippen LogP contribution in [0.3, 0.4) is 0 Å². The van der Waals surface area contributed by atoms with Crippen LogP contribution in [0.25, 0.3) is 22.1 Å². The fourth-order valence-corrected chi connectivity index (χ4v) is 5.90. The Hall–Kier alpha value is -3.73. The van der Waals surface area contributed by atoms with Crippen LogP contribution in [0, 0.1) is 0 Å². The van der Waals surface area contributed by atoms with Gasteiger partial charge in [-0.25, -0.2) is 27.2 Å². The number of likely N-dealkylation sites (tertiary alicyclic amines) is 1. The van der Waals surface area contributed by atoms with Gasteiger partial charge < -0.3 is 14.2 Å². The number of carbonyl (C=O) groups is 1. The predicted molar refractivity (Wildman–Crippen MR) is 134 cm³/mol. The zero-order chi connectivity index (χ0) is 25.7. The highest BCUT2D eigenvalue weighted by atomic mass is 32.2. The fourth-order valence-electron chi connectivity index (χ4n) is 4.58. The lowest BCUT2D eigenvalue weighted by Gasteiger charge is -2.34. The summed E-state index contributed by atoms with van der Waals surface area (Å²) >= 11 is 0. The maximum absolute atomic E-state index is 13.3. The molecule has 4 heterocycles. The van der Waals surface area contributed by atoms with Gasteiger partial charge in [0.05, 0.1) is 22.8 Å². The SMILES string of the molecule is CC(C)(C)OC(=O)N1CCC(n2c(=O)cnc3cnc4c(ccn4S(=O)(=O)c4ccccc4)c32)CC1. The largest absolute Gasteiger partial charge is 0.444 e. The maximum atomic E-state index is 13.3. The summed E-state index contributed by atoms with van der Waals surface area (Å²) in [7, 11) is -3.88. The number of rotatable bonds is 3. The van der Waals surface area contributed by atoms with Crippen molar-refractivity contribution in [2.75, 3.05) is 13.1 Å². The first-order chi connectivity index (χ1) is 17.1. The molecule has 3 aromatic heterocycles. The maximum Gasteiger partial charge on any atom is 0.410 e. The molecule has 5 rings (SSSR count). The quantitative estimate of drug-likeness (QED) is 0.415. The van der Waals surface area contributed by atoms with E-state index < -0.39 is 15.6 Å². The summed E-state index contributed by atoms with van der Waals surface area (Å²) in [6, 6.07) is 9.58. The van der Waals surface area contributed by atoms with Crippen molar-refractivity contribution in [1.29, 1.82) is 0 Å². The van der Waals surface area contributed by atoms with Crippen molar-refractivity contribution in [2.45, 2.75) is 50.2 Å². The molecule has 0 aliphatic carbocycles. The number of fused-ring (bicyclic) bond motifs is 3. The second-order valence-electron chi connectivity index (χ2n) is 9.82. The topological polar surface area (TPSA) is 116 Å². The number of hydrogen-bond acceptors (Lipinski definition) is 7. The summed E-state index contributed by atoms with van der Waals surface area (Å²) in [5, 5.41) is 0.520. The number of hydrogen-bond donors (Lipinski definition) is 0. The van der Waals surface area contributed by atoms with E-state index in [-0.39, 0.29) is 28.2 Å². The van der Waals surface area contributed by atoms with Gasteiger partial charge >= 0.3 is 6.09 Å². The summed E-state index contributed by atoms with van der Waals surface area (Å²) in [5.41, 5.74) is 0.373. The number of amides is 1. The second kappa shape index (κ2) is 8.74. The smallest absolute Gasteiger partial charge is 0.410 e. The van der Waals surface area contributed by atoms with Gasteiger partial charge in [-0.05, 0) is 51.8 Å². The molecule has 0 bridgehead atoms. The molecule has 4 aromatic rings. The number of pyridine rings is 1. The Morgan fingerprint density at radius 2 is 1.72 bits per heavy atom. The van der Waals surface area contributed by atoms with Crippen LogP contribution < -0.4 is 5.56 Å². The summed E-state index contributed by atoms with van der Waals surface area (Å²) in [6.45, 7) is 6.35. The average molecular weight is 510 g/mol. The number of ether oxygens (including phenoxy) is 1. The molecule has 11 heteroatoms. The lowest BCUT2D eigenvalue weighted by atomic mass is 10.0. The lowest BCUT2D eigenvalue weighted by Crippen LogP contribution is -2.43. The second-order valence-corrected chi connectivity index (χ2v) is 11.6. The molecule has 1 saturated heterocycles. The highest BCUT2D eigenvalue weighted by molar-refractivity contribution is 7.90. The Balaban J connectivity index is 1.55. The molecule has 36 heavy (non-hydrogen) atoms. The highest BCUT2D eigenvalue weighted by Gasteiger charge is 2.29. The third-order valence-corrected chi connectivity index (χ3v) is 7.89. The van der Waals surface area contributed by atoms with Crippen molar-refractivity contribution in [3.63, 3.8) is 0 Å². The third kappa shape index (κ3) is 4.23. The molecule has 1 aliphatic rings. The van der Waals surface area contributed by atoms with Crippen LogP contribution in [0.2, 0.25) is 0 Å². The summed E-state index contributed by atoms with van der Waals surface area (Å²) < 4.78 is 34.8. The number of carbonyl (C=O) groups excluding carboxylic acids is 1. The lowest BCUT2D eigenvalue weighted by molar-refractivity contribution is 0.0189. The number of piperidine rings is 1. The molecule has 0 N–H and O–H groups in total. The van der Waals surface area contributed by atoms with Gasteiger partial charge in [0.1, 0.15) is 11.1 Å². The molecule has 10 nitrogen and oxygen atoms in total. The van der Waals surface area contributed by atoms with Crippen molar-refractivity contribution < 1.29 is 17.9 Å². The minimum Gasteiger partial charge on any atom is -0.444 e. The van der Waals surface area contributed by atoms with E-state index in [9.17, 15) is 18.0 Å². The van der Waals surface area contributed by atoms with E-state index in [0.29, 0.717) is 42.4 Å². The minimum absolute atomic E-state index is 0.141. The first-order valence-corrected chi connectivity index (χ1v) is 13.2. The molecule has 0 spiro atoms. The molecular formula is C25H27N5O5S. The minimum atomic E-state index is -3.88. The molecule has 1 aliphatic heterocycles. The zero-order valence-electron chi connectivity index (χ0n) is 20.3. The monoisotopic (exact) mass is 509 g/mol. The van der Waals surface area contributed by atoms with Crippen LogP contribution in [0.4, 0.5) is 4.79 Å². The van der Waals surface area contributed by atoms with Crippen LogP contribution in [0.15, 0.2) is 64.7 Å². The first kappa shape index (κ1) is 24.0. The van der Waals surface area contributed by atoms with E-state index in [1.165, 1.54) is 30.7 Å². The molecule has 0 unspecified atom stereocenters. The molecule has 188 valence electrons. The van der Waals surface area contributed by atoms with Crippen LogP contribution in [-0.2, 0) is 14.8 Å². The molecule has 1 aromatic carbocycles. The van der Waals surface area contributed by atoms with Gasteiger partial charge in [-0.2, -0.15) is 0 Å². The van der Waals surface area contributed by atoms with Crippen molar-refractivity contribution in [3.05, 3.63) is 65.3 Å². The van der Waals surface area contributed by atoms with Crippen LogP contribution >= 0.6 is 0 Å². The summed E-state index contributed by atoms with van der Waals surface area (Å²) in [4.78, 5) is 36.0. The number of aromatic nitrogens is 4. The van der Waals surface area contributed by atoms with Gasteiger partial charge in [0, 0.05) is 30.7 Å². The standard InChI is InChI=1S/C25H27N5O5S/c1-25(2,3)35-24(32)28-12-9-17(10-13-28)30-21(31)16-26-20-15-27-23-19(22(20)30)11-14-29(23)36(33,34)18-7-5-4-6-8-18/h4-8,11,14-17H,9-10,12-13H2,1-3H3. The van der Waals surface area contributed by atoms with Crippen LogP contribution in [0.1, 0.15) is 39.7 Å². The highest BCUT2D eigenvalue weighted by Crippen LogP contribution is 2.30. The van der Waals surface area contributed by atoms with Crippen molar-refractivity contribution in [3.8, 4) is 0 Å². The van der Waals surface area contributed by atoms with Crippen LogP contribution in [-0.4, -0.2) is 56.6 Å². The van der Waals surface area contributed by atoms with Gasteiger partial charge in [0.15, 0.2) is 5.65 Å². The molecular weight excluding hydrogens is 482 g/mol. The van der Waals surface area contributed by atoms with Gasteiger partial charge in [-0.1, -0.05) is 18.2 Å². The van der Waals surface area contributed by atoms with E-state index in [0.717, 1.165) is 3.97 Å². The first-order valence-electron chi connectivity index (χ1n) is 11.7. The third-order valence-electron chi connectivity index (χ3n) is 6.21. The summed E-state index contributed by atoms with van der Waals surface area (Å²) in [5.74, 6) is 0. The van der Waals surface area contributed by atoms with Crippen molar-refractivity contribution in [1.82, 2.24) is 23.4 Å². The van der Waals surface area contributed by atoms with E-state index in [4.69, 9.17) is 4.74 Å². The molecule has 1 amide bonds. The molecule has 0 atom stereocenters. The fraction of sp³-hybridized carbons (Fsp3) is 0.360. The van der Waals surface area contributed by atoms with Gasteiger partial charge in [-0.15, -0.1) is 0 Å². The summed E-state index contributed by atoms with van der Waals surface area (Å²) in [6.07, 6.45) is 4.92. The Kier molecular flexibility index (Phi) is 5.82. The number of nitrogens with zero attached hydrogens (tertiary/aromatic N) is 5. The molecule has 0 radical (unpaired) electrons. The number of benzene rings is 1. The Morgan fingerprint density at radius 1 is 1.03 bits per heavy atom. The van der Waals surface area contributed by atoms with Crippen LogP contribution in [0.5, 0.6) is 0 Å². The van der Waals surface area contributed by atoms with E-state index in [1.54, 1.807) is 33.7 Å². The average Bonchev–Trinajstić information content (AvgIpc) is 3.29. The van der Waals surface area contributed by atoms with E-state index in [2.05, 4.69) is 9.97 Å². The Bertz CT molecular complexity index is 1610. The molecule has 1 fully saturated rings. The van der Waals surface area contributed by atoms with Crippen molar-refractivity contribution in [2.24, 2.45) is 0 Å². The van der Waals surface area contributed by atoms with Gasteiger partial charge in [-0.3, -0.25) is 4.79 Å². The Labute approximate surface area is 208 Å². The van der Waals surface area contributed by atoms with Crippen molar-refractivity contribution >= 4 is 38.2 Å². The van der Waals surface area contributed by atoms with E-state index in [1.807, 2.05) is 20.8 Å². The molecule has 0 saturated carbocycles. The van der Waals surface area contributed by atoms with Gasteiger partial charge in [0.2, 0.25) is 0 Å². The van der Waals surface area contributed by atoms with Gasteiger partial charge in [0.25, 0.3) is 15.6 Å². The zero-order valence-corrected chi connectivity index (χ0v) is 21.1. The normalized spacial score (nSPS) is 15.5. The predicted octanol–water partition coefficient (Wildman–Crippen LogP) is 3.56. The Morgan fingerprint density at radius 3 is 2.39 bits per heavy atom.